The van der Waals surface area contributed by atoms with Gasteiger partial charge in [-0.1, -0.05) is 28.9 Å². The highest BCUT2D eigenvalue weighted by Crippen LogP contribution is 2.10. The zero-order valence-corrected chi connectivity index (χ0v) is 17.0. The van der Waals surface area contributed by atoms with Crippen LogP contribution in [-0.4, -0.2) is 36.2 Å². The molecule has 0 aliphatic rings. The predicted molar refractivity (Wildman–Crippen MR) is 107 cm³/mol. The fourth-order valence-electron chi connectivity index (χ4n) is 2.13. The second-order valence-electron chi connectivity index (χ2n) is 5.14. The molecule has 8 heteroatoms. The van der Waals surface area contributed by atoms with Crippen LogP contribution >= 0.6 is 35.6 Å². The fraction of sp³-hybridized carbons (Fsp3) is 0.438. The normalized spacial score (nSPS) is 11.0. The van der Waals surface area contributed by atoms with Gasteiger partial charge in [0.15, 0.2) is 11.8 Å². The van der Waals surface area contributed by atoms with Crippen molar-refractivity contribution in [3.8, 4) is 0 Å². The first-order valence-electron chi connectivity index (χ1n) is 7.65. The summed E-state index contributed by atoms with van der Waals surface area (Å²) in [7, 11) is 1.76. The molecule has 1 aromatic carbocycles. The number of aliphatic imine (C=N–C) groups is 1. The van der Waals surface area contributed by atoms with Gasteiger partial charge in [0.1, 0.15) is 0 Å². The molecule has 0 radical (unpaired) electrons. The molecule has 0 spiro atoms. The lowest BCUT2D eigenvalue weighted by Crippen LogP contribution is -2.38. The topological polar surface area (TPSA) is 75.3 Å². The lowest BCUT2D eigenvalue weighted by atomic mass is 10.1. The molecule has 0 bridgehead atoms. The van der Waals surface area contributed by atoms with Crippen molar-refractivity contribution in [2.75, 3.05) is 20.1 Å². The maximum absolute atomic E-state index is 5.98. The Hall–Kier alpha value is -1.35. The summed E-state index contributed by atoms with van der Waals surface area (Å²) >= 11 is 5.98. The number of guanidine groups is 1. The molecule has 0 amide bonds. The third-order valence-corrected chi connectivity index (χ3v) is 3.48. The average molecular weight is 464 g/mol. The van der Waals surface area contributed by atoms with Crippen LogP contribution in [0.1, 0.15) is 23.7 Å². The van der Waals surface area contributed by atoms with Gasteiger partial charge >= 0.3 is 0 Å². The molecule has 0 aliphatic heterocycles. The van der Waals surface area contributed by atoms with Crippen LogP contribution in [-0.2, 0) is 12.8 Å². The largest absolute Gasteiger partial charge is 0.356 e. The quantitative estimate of drug-likeness (QED) is 0.286. The van der Waals surface area contributed by atoms with Crippen molar-refractivity contribution < 1.29 is 4.52 Å². The van der Waals surface area contributed by atoms with E-state index in [2.05, 4.69) is 31.8 Å². The first-order chi connectivity index (χ1) is 11.2. The summed E-state index contributed by atoms with van der Waals surface area (Å²) in [6, 6.07) is 7.88. The van der Waals surface area contributed by atoms with Gasteiger partial charge in [-0.3, -0.25) is 4.99 Å². The van der Waals surface area contributed by atoms with Crippen molar-refractivity contribution in [1.82, 2.24) is 20.8 Å². The molecule has 0 unspecified atom stereocenters. The van der Waals surface area contributed by atoms with Gasteiger partial charge < -0.3 is 15.2 Å². The van der Waals surface area contributed by atoms with Crippen LogP contribution in [0.2, 0.25) is 5.02 Å². The summed E-state index contributed by atoms with van der Waals surface area (Å²) in [5.74, 6) is 2.13. The molecule has 24 heavy (non-hydrogen) atoms. The number of halogens is 2. The SMILES string of the molecule is CN=C(NCCCc1nc(C)no1)NCCc1cccc(Cl)c1.I. The van der Waals surface area contributed by atoms with Gasteiger partial charge in [0.05, 0.1) is 0 Å². The summed E-state index contributed by atoms with van der Waals surface area (Å²) < 4.78 is 5.08. The first-order valence-corrected chi connectivity index (χ1v) is 8.03. The van der Waals surface area contributed by atoms with Gasteiger partial charge in [0.2, 0.25) is 5.89 Å². The fourth-order valence-corrected chi connectivity index (χ4v) is 2.34. The summed E-state index contributed by atoms with van der Waals surface area (Å²) in [5, 5.41) is 11.1. The van der Waals surface area contributed by atoms with E-state index in [1.54, 1.807) is 7.05 Å². The summed E-state index contributed by atoms with van der Waals surface area (Å²) in [6.45, 7) is 3.40. The minimum Gasteiger partial charge on any atom is -0.356 e. The summed E-state index contributed by atoms with van der Waals surface area (Å²) in [5.41, 5.74) is 1.20. The molecule has 2 N–H and O–H groups in total. The van der Waals surface area contributed by atoms with Crippen molar-refractivity contribution in [1.29, 1.82) is 0 Å². The lowest BCUT2D eigenvalue weighted by molar-refractivity contribution is 0.372. The van der Waals surface area contributed by atoms with Crippen LogP contribution in [0.3, 0.4) is 0 Å². The minimum atomic E-state index is 0. The number of rotatable bonds is 7. The molecule has 0 atom stereocenters. The predicted octanol–water partition coefficient (Wildman–Crippen LogP) is 2.99. The van der Waals surface area contributed by atoms with Gasteiger partial charge in [0.25, 0.3) is 0 Å². The highest BCUT2D eigenvalue weighted by atomic mass is 127. The number of hydrogen-bond acceptors (Lipinski definition) is 4. The van der Waals surface area contributed by atoms with E-state index >= 15 is 0 Å². The van der Waals surface area contributed by atoms with E-state index in [1.165, 1.54) is 5.56 Å². The molecular weight excluding hydrogens is 441 g/mol. The first kappa shape index (κ1) is 20.7. The van der Waals surface area contributed by atoms with Crippen LogP contribution in [0, 0.1) is 6.92 Å². The molecule has 2 aromatic rings. The highest BCUT2D eigenvalue weighted by Gasteiger charge is 2.03. The Balaban J connectivity index is 0.00000288. The van der Waals surface area contributed by atoms with E-state index in [-0.39, 0.29) is 24.0 Å². The smallest absolute Gasteiger partial charge is 0.226 e. The molecule has 0 saturated heterocycles. The molecule has 132 valence electrons. The van der Waals surface area contributed by atoms with Crippen molar-refractivity contribution in [3.05, 3.63) is 46.6 Å². The van der Waals surface area contributed by atoms with Gasteiger partial charge in [-0.15, -0.1) is 24.0 Å². The van der Waals surface area contributed by atoms with Crippen LogP contribution in [0.25, 0.3) is 0 Å². The van der Waals surface area contributed by atoms with Gasteiger partial charge in [-0.2, -0.15) is 4.98 Å². The van der Waals surface area contributed by atoms with Gasteiger partial charge in [-0.05, 0) is 37.5 Å². The summed E-state index contributed by atoms with van der Waals surface area (Å²) in [4.78, 5) is 8.38. The van der Waals surface area contributed by atoms with Crippen LogP contribution in [0.4, 0.5) is 0 Å². The molecule has 2 rings (SSSR count). The number of nitrogens with one attached hydrogen (secondary N) is 2. The number of aryl methyl sites for hydroxylation is 2. The number of benzene rings is 1. The van der Waals surface area contributed by atoms with E-state index in [0.717, 1.165) is 43.3 Å². The Morgan fingerprint density at radius 2 is 2.04 bits per heavy atom. The molecular formula is C16H23ClIN5O. The van der Waals surface area contributed by atoms with Crippen LogP contribution in [0.5, 0.6) is 0 Å². The molecule has 0 aliphatic carbocycles. The van der Waals surface area contributed by atoms with Gasteiger partial charge in [0, 0.05) is 31.6 Å². The molecule has 0 saturated carbocycles. The third-order valence-electron chi connectivity index (χ3n) is 3.25. The number of aromatic nitrogens is 2. The summed E-state index contributed by atoms with van der Waals surface area (Å²) in [6.07, 6.45) is 2.55. The number of hydrogen-bond donors (Lipinski definition) is 2. The van der Waals surface area contributed by atoms with Crippen molar-refractivity contribution in [2.24, 2.45) is 4.99 Å². The van der Waals surface area contributed by atoms with Crippen molar-refractivity contribution >= 4 is 41.5 Å². The van der Waals surface area contributed by atoms with Gasteiger partial charge in [-0.25, -0.2) is 0 Å². The maximum atomic E-state index is 5.98. The zero-order valence-electron chi connectivity index (χ0n) is 13.9. The molecule has 1 heterocycles. The van der Waals surface area contributed by atoms with E-state index < -0.39 is 0 Å². The second kappa shape index (κ2) is 11.2. The van der Waals surface area contributed by atoms with E-state index in [9.17, 15) is 0 Å². The van der Waals surface area contributed by atoms with Crippen LogP contribution in [0.15, 0.2) is 33.8 Å². The Morgan fingerprint density at radius 3 is 2.71 bits per heavy atom. The monoisotopic (exact) mass is 463 g/mol. The third kappa shape index (κ3) is 7.48. The Kier molecular flexibility index (Phi) is 9.70. The van der Waals surface area contributed by atoms with E-state index in [4.69, 9.17) is 16.1 Å². The standard InChI is InChI=1S/C16H22ClN5O.HI/c1-12-21-15(23-22-12)7-4-9-19-16(18-2)20-10-8-13-5-3-6-14(17)11-13;/h3,5-6,11H,4,7-10H2,1-2H3,(H2,18,19,20);1H. The lowest BCUT2D eigenvalue weighted by Gasteiger charge is -2.11. The maximum Gasteiger partial charge on any atom is 0.226 e. The highest BCUT2D eigenvalue weighted by molar-refractivity contribution is 14.0. The van der Waals surface area contributed by atoms with Crippen molar-refractivity contribution in [2.45, 2.75) is 26.2 Å². The molecule has 6 nitrogen and oxygen atoms in total. The Labute approximate surface area is 164 Å². The van der Waals surface area contributed by atoms with Crippen LogP contribution < -0.4 is 10.6 Å². The number of nitrogens with zero attached hydrogens (tertiary/aromatic N) is 3. The Bertz CT molecular complexity index is 647. The molecule has 1 aromatic heterocycles. The Morgan fingerprint density at radius 1 is 1.25 bits per heavy atom. The minimum absolute atomic E-state index is 0. The second-order valence-corrected chi connectivity index (χ2v) is 5.58. The van der Waals surface area contributed by atoms with Crippen molar-refractivity contribution in [3.63, 3.8) is 0 Å². The zero-order chi connectivity index (χ0) is 16.5. The van der Waals surface area contributed by atoms with E-state index in [0.29, 0.717) is 11.7 Å². The average Bonchev–Trinajstić information content (AvgIpc) is 2.95. The van der Waals surface area contributed by atoms with E-state index in [1.807, 2.05) is 25.1 Å². The molecule has 0 fully saturated rings.